The summed E-state index contributed by atoms with van der Waals surface area (Å²) in [6.07, 6.45) is 1.67. The van der Waals surface area contributed by atoms with E-state index in [2.05, 4.69) is 5.32 Å². The van der Waals surface area contributed by atoms with Gasteiger partial charge in [0.15, 0.2) is 0 Å². The van der Waals surface area contributed by atoms with Gasteiger partial charge in [0.25, 0.3) is 0 Å². The average molecular weight is 466 g/mol. The Morgan fingerprint density at radius 3 is 2.39 bits per heavy atom. The quantitative estimate of drug-likeness (QED) is 0.617. The molecular weight excluding hydrogens is 438 g/mol. The number of aryl methyl sites for hydroxylation is 1. The lowest BCUT2D eigenvalue weighted by Gasteiger charge is -2.31. The molecular formula is C22H28ClN3O4S. The Morgan fingerprint density at radius 1 is 1.13 bits per heavy atom. The highest BCUT2D eigenvalue weighted by atomic mass is 35.5. The summed E-state index contributed by atoms with van der Waals surface area (Å²) >= 11 is 6.06. The van der Waals surface area contributed by atoms with Crippen molar-refractivity contribution in [3.8, 4) is 0 Å². The molecule has 0 saturated heterocycles. The second-order valence-corrected chi connectivity index (χ2v) is 9.54. The van der Waals surface area contributed by atoms with Crippen molar-refractivity contribution in [1.82, 2.24) is 10.2 Å². The third kappa shape index (κ3) is 6.45. The number of hydrogen-bond acceptors (Lipinski definition) is 4. The zero-order chi connectivity index (χ0) is 23.2. The van der Waals surface area contributed by atoms with Gasteiger partial charge in [-0.25, -0.2) is 8.42 Å². The van der Waals surface area contributed by atoms with Crippen molar-refractivity contribution in [3.05, 3.63) is 64.7 Å². The van der Waals surface area contributed by atoms with Gasteiger partial charge in [-0.3, -0.25) is 13.9 Å². The molecule has 0 heterocycles. The minimum atomic E-state index is -3.75. The number of nitrogens with one attached hydrogen (secondary N) is 1. The molecule has 2 aromatic rings. The molecule has 0 spiro atoms. The second kappa shape index (κ2) is 10.6. The minimum Gasteiger partial charge on any atom is -0.357 e. The molecule has 2 aromatic carbocycles. The fourth-order valence-corrected chi connectivity index (χ4v) is 4.36. The minimum absolute atomic E-state index is 0.112. The van der Waals surface area contributed by atoms with Crippen molar-refractivity contribution >= 4 is 39.1 Å². The van der Waals surface area contributed by atoms with Crippen LogP contribution in [0.5, 0.6) is 0 Å². The van der Waals surface area contributed by atoms with Gasteiger partial charge in [-0.1, -0.05) is 48.9 Å². The molecule has 0 aliphatic heterocycles. The maximum Gasteiger partial charge on any atom is 0.244 e. The summed E-state index contributed by atoms with van der Waals surface area (Å²) in [5.74, 6) is -0.845. The monoisotopic (exact) mass is 465 g/mol. The molecule has 2 amide bonds. The lowest BCUT2D eigenvalue weighted by atomic mass is 10.1. The molecule has 1 N–H and O–H groups in total. The summed E-state index contributed by atoms with van der Waals surface area (Å²) in [5.41, 5.74) is 1.99. The van der Waals surface area contributed by atoms with Crippen molar-refractivity contribution in [2.75, 3.05) is 24.2 Å². The largest absolute Gasteiger partial charge is 0.357 e. The third-order valence-corrected chi connectivity index (χ3v) is 6.34. The molecule has 7 nitrogen and oxygen atoms in total. The molecule has 1 atom stereocenters. The van der Waals surface area contributed by atoms with Gasteiger partial charge in [-0.15, -0.1) is 0 Å². The highest BCUT2D eigenvalue weighted by Gasteiger charge is 2.30. The van der Waals surface area contributed by atoms with Crippen LogP contribution >= 0.6 is 11.6 Å². The number of anilines is 1. The van der Waals surface area contributed by atoms with Gasteiger partial charge < -0.3 is 10.2 Å². The first-order chi connectivity index (χ1) is 14.6. The van der Waals surface area contributed by atoms with Crippen LogP contribution in [-0.4, -0.2) is 51.0 Å². The molecule has 168 valence electrons. The number of hydrogen-bond donors (Lipinski definition) is 1. The van der Waals surface area contributed by atoms with E-state index in [1.54, 1.807) is 43.3 Å². The van der Waals surface area contributed by atoms with Gasteiger partial charge in [0.2, 0.25) is 21.8 Å². The SMILES string of the molecule is CCc1ccccc1N(CC(=O)N(Cc1cccc(Cl)c1)C(C)C(=O)NC)S(C)(=O)=O. The van der Waals surface area contributed by atoms with Crippen LogP contribution in [0.25, 0.3) is 0 Å². The number of halogens is 1. The van der Waals surface area contributed by atoms with E-state index in [1.807, 2.05) is 19.1 Å². The standard InChI is InChI=1S/C22H28ClN3O4S/c1-5-18-10-6-7-12-20(18)26(31(4,29)30)15-21(27)25(16(2)22(28)24-3)14-17-9-8-11-19(23)13-17/h6-13,16H,5,14-15H2,1-4H3,(H,24,28). The molecule has 0 bridgehead atoms. The number of carbonyl (C=O) groups excluding carboxylic acids is 2. The Hall–Kier alpha value is -2.58. The van der Waals surface area contributed by atoms with Crippen LogP contribution in [0.4, 0.5) is 5.69 Å². The Kier molecular flexibility index (Phi) is 8.47. The van der Waals surface area contributed by atoms with E-state index in [4.69, 9.17) is 11.6 Å². The number of nitrogens with zero attached hydrogens (tertiary/aromatic N) is 2. The summed E-state index contributed by atoms with van der Waals surface area (Å²) in [6.45, 7) is 3.21. The van der Waals surface area contributed by atoms with E-state index in [9.17, 15) is 18.0 Å². The molecule has 31 heavy (non-hydrogen) atoms. The predicted molar refractivity (Wildman–Crippen MR) is 124 cm³/mol. The zero-order valence-corrected chi connectivity index (χ0v) is 19.7. The Balaban J connectivity index is 2.42. The van der Waals surface area contributed by atoms with Crippen LogP contribution in [0.15, 0.2) is 48.5 Å². The summed E-state index contributed by atoms with van der Waals surface area (Å²) in [5, 5.41) is 3.05. The van der Waals surface area contributed by atoms with E-state index < -0.39 is 28.5 Å². The number of rotatable bonds is 9. The fourth-order valence-electron chi connectivity index (χ4n) is 3.27. The number of amides is 2. The van der Waals surface area contributed by atoms with Gasteiger partial charge in [-0.2, -0.15) is 0 Å². The lowest BCUT2D eigenvalue weighted by molar-refractivity contribution is -0.139. The Bertz CT molecular complexity index is 1040. The maximum absolute atomic E-state index is 13.3. The molecule has 0 saturated carbocycles. The number of likely N-dealkylation sites (N-methyl/N-ethyl adjacent to an activating group) is 1. The van der Waals surface area contributed by atoms with E-state index in [1.165, 1.54) is 11.9 Å². The topological polar surface area (TPSA) is 86.8 Å². The lowest BCUT2D eigenvalue weighted by Crippen LogP contribution is -2.50. The van der Waals surface area contributed by atoms with Crippen molar-refractivity contribution in [2.45, 2.75) is 32.9 Å². The molecule has 2 rings (SSSR count). The van der Waals surface area contributed by atoms with E-state index in [-0.39, 0.29) is 12.5 Å². The smallest absolute Gasteiger partial charge is 0.244 e. The van der Waals surface area contributed by atoms with Crippen molar-refractivity contribution in [3.63, 3.8) is 0 Å². The van der Waals surface area contributed by atoms with Gasteiger partial charge in [0.1, 0.15) is 12.6 Å². The zero-order valence-electron chi connectivity index (χ0n) is 18.1. The van der Waals surface area contributed by atoms with Gasteiger partial charge in [0, 0.05) is 18.6 Å². The number of para-hydroxylation sites is 1. The predicted octanol–water partition coefficient (Wildman–Crippen LogP) is 2.83. The third-order valence-electron chi connectivity index (χ3n) is 4.98. The molecule has 1 unspecified atom stereocenters. The van der Waals surface area contributed by atoms with Crippen LogP contribution in [0, 0.1) is 0 Å². The van der Waals surface area contributed by atoms with Crippen LogP contribution in [0.1, 0.15) is 25.0 Å². The fraction of sp³-hybridized carbons (Fsp3) is 0.364. The van der Waals surface area contributed by atoms with Gasteiger partial charge in [0.05, 0.1) is 11.9 Å². The van der Waals surface area contributed by atoms with Crippen LogP contribution in [0.3, 0.4) is 0 Å². The average Bonchev–Trinajstić information content (AvgIpc) is 2.73. The van der Waals surface area contributed by atoms with Crippen molar-refractivity contribution in [1.29, 1.82) is 0 Å². The number of sulfonamides is 1. The highest BCUT2D eigenvalue weighted by molar-refractivity contribution is 7.92. The summed E-state index contributed by atoms with van der Waals surface area (Å²) in [6, 6.07) is 13.2. The van der Waals surface area contributed by atoms with Crippen LogP contribution < -0.4 is 9.62 Å². The molecule has 0 aromatic heterocycles. The van der Waals surface area contributed by atoms with E-state index >= 15 is 0 Å². The maximum atomic E-state index is 13.3. The van der Waals surface area contributed by atoms with Gasteiger partial charge >= 0.3 is 0 Å². The molecule has 0 radical (unpaired) electrons. The first kappa shape index (κ1) is 24.7. The van der Waals surface area contributed by atoms with Crippen LogP contribution in [-0.2, 0) is 32.6 Å². The normalized spacial score (nSPS) is 12.2. The number of carbonyl (C=O) groups is 2. The highest BCUT2D eigenvalue weighted by Crippen LogP contribution is 2.24. The summed E-state index contributed by atoms with van der Waals surface area (Å²) < 4.78 is 26.3. The summed E-state index contributed by atoms with van der Waals surface area (Å²) in [7, 11) is -2.26. The first-order valence-corrected chi connectivity index (χ1v) is 12.1. The first-order valence-electron chi connectivity index (χ1n) is 9.89. The van der Waals surface area contributed by atoms with E-state index in [0.29, 0.717) is 17.1 Å². The Labute approximate surface area is 189 Å². The Morgan fingerprint density at radius 2 is 1.81 bits per heavy atom. The molecule has 0 fully saturated rings. The van der Waals surface area contributed by atoms with Crippen molar-refractivity contribution in [2.24, 2.45) is 0 Å². The molecule has 0 aliphatic rings. The summed E-state index contributed by atoms with van der Waals surface area (Å²) in [4.78, 5) is 27.0. The van der Waals surface area contributed by atoms with E-state index in [0.717, 1.165) is 21.7 Å². The van der Waals surface area contributed by atoms with Crippen molar-refractivity contribution < 1.29 is 18.0 Å². The second-order valence-electron chi connectivity index (χ2n) is 7.19. The molecule has 9 heteroatoms. The number of benzene rings is 2. The molecule has 0 aliphatic carbocycles. The van der Waals surface area contributed by atoms with Crippen LogP contribution in [0.2, 0.25) is 5.02 Å². The van der Waals surface area contributed by atoms with Gasteiger partial charge in [-0.05, 0) is 42.7 Å².